The summed E-state index contributed by atoms with van der Waals surface area (Å²) in [6.07, 6.45) is 1.16. The van der Waals surface area contributed by atoms with Gasteiger partial charge in [-0.25, -0.2) is 12.4 Å². The second-order valence-corrected chi connectivity index (χ2v) is 5.69. The second-order valence-electron chi connectivity index (χ2n) is 3.87. The molecular weight excluding hydrogens is 335 g/mol. The maximum atomic E-state index is 12.3. The summed E-state index contributed by atoms with van der Waals surface area (Å²) in [6, 6.07) is 9.40. The normalized spacial score (nSPS) is 10.5. The molecule has 0 bridgehead atoms. The van der Waals surface area contributed by atoms with Crippen LogP contribution in [0.5, 0.6) is 0 Å². The standard InChI is InChI=1S/C13H11N2O4S.Mn/c1-14-13(17)10-5-4-6-11(9-10)20(18,19)15-8-3-2-7-12(15)16;/h2-9H,1H2,(H,14,17);/q-1;+2. The Hall–Kier alpha value is -1.89. The molecule has 109 valence electrons. The third-order valence-electron chi connectivity index (χ3n) is 2.60. The van der Waals surface area contributed by atoms with Gasteiger partial charge in [0.1, 0.15) is 0 Å². The summed E-state index contributed by atoms with van der Waals surface area (Å²) in [5, 5.41) is 2.16. The minimum atomic E-state index is -4.03. The van der Waals surface area contributed by atoms with Gasteiger partial charge in [0, 0.05) is 17.8 Å². The summed E-state index contributed by atoms with van der Waals surface area (Å²) < 4.78 is 25.3. The van der Waals surface area contributed by atoms with Crippen LogP contribution in [0.25, 0.3) is 0 Å². The van der Waals surface area contributed by atoms with Gasteiger partial charge in [-0.3, -0.25) is 16.6 Å². The first-order valence-corrected chi connectivity index (χ1v) is 7.01. The fourth-order valence-corrected chi connectivity index (χ4v) is 2.91. The van der Waals surface area contributed by atoms with Crippen molar-refractivity contribution >= 4 is 15.9 Å². The Morgan fingerprint density at radius 2 is 1.86 bits per heavy atom. The van der Waals surface area contributed by atoms with Crippen LogP contribution in [-0.4, -0.2) is 18.3 Å². The first-order valence-electron chi connectivity index (χ1n) is 5.57. The molecule has 1 aromatic heterocycles. The largest absolute Gasteiger partial charge is 2.00 e. The van der Waals surface area contributed by atoms with E-state index in [9.17, 15) is 18.0 Å². The van der Waals surface area contributed by atoms with E-state index >= 15 is 0 Å². The molecule has 0 saturated heterocycles. The van der Waals surface area contributed by atoms with Gasteiger partial charge < -0.3 is 5.32 Å². The van der Waals surface area contributed by atoms with Crippen molar-refractivity contribution in [3.63, 3.8) is 0 Å². The Bertz CT molecular complexity index is 815. The molecule has 6 nitrogen and oxygen atoms in total. The summed E-state index contributed by atoms with van der Waals surface area (Å²) in [6.45, 7) is 0. The Morgan fingerprint density at radius 1 is 1.14 bits per heavy atom. The quantitative estimate of drug-likeness (QED) is 0.652. The minimum absolute atomic E-state index is 0. The first kappa shape index (κ1) is 17.2. The number of nitrogens with one attached hydrogen (secondary N) is 1. The zero-order valence-electron chi connectivity index (χ0n) is 10.7. The molecule has 0 aliphatic rings. The zero-order chi connectivity index (χ0) is 14.8. The number of hydrogen-bond donors (Lipinski definition) is 1. The SMILES string of the molecule is [CH2-]NC(=O)c1cccc(S(=O)(=O)n2ccccc2=O)c1.[Mn+2]. The average Bonchev–Trinajstić information content (AvgIpc) is 2.47. The number of nitrogens with zero attached hydrogens (tertiary/aromatic N) is 1. The first-order chi connectivity index (χ1) is 9.46. The number of carbonyl (C=O) groups is 1. The number of aromatic nitrogens is 1. The number of pyridine rings is 1. The molecule has 21 heavy (non-hydrogen) atoms. The molecular formula is C13H11MnN2O4S+. The maximum absolute atomic E-state index is 12.3. The van der Waals surface area contributed by atoms with Gasteiger partial charge in [-0.15, -0.1) is 0 Å². The van der Waals surface area contributed by atoms with Crippen LogP contribution in [0.3, 0.4) is 0 Å². The molecule has 2 aromatic rings. The molecule has 0 saturated carbocycles. The van der Waals surface area contributed by atoms with Crippen molar-refractivity contribution in [1.29, 1.82) is 0 Å². The molecule has 0 spiro atoms. The van der Waals surface area contributed by atoms with Crippen LogP contribution < -0.4 is 10.9 Å². The van der Waals surface area contributed by atoms with E-state index in [-0.39, 0.29) is 27.5 Å². The molecule has 1 heterocycles. The van der Waals surface area contributed by atoms with E-state index in [0.717, 1.165) is 12.3 Å². The molecule has 1 radical (unpaired) electrons. The molecule has 0 fully saturated rings. The third-order valence-corrected chi connectivity index (χ3v) is 4.27. The van der Waals surface area contributed by atoms with E-state index in [4.69, 9.17) is 0 Å². The summed E-state index contributed by atoms with van der Waals surface area (Å²) in [4.78, 5) is 22.9. The Labute approximate surface area is 132 Å². The maximum Gasteiger partial charge on any atom is 2.00 e. The van der Waals surface area contributed by atoms with Gasteiger partial charge in [0.25, 0.3) is 15.6 Å². The summed E-state index contributed by atoms with van der Waals surface area (Å²) >= 11 is 0. The fraction of sp³-hybridized carbons (Fsp3) is 0. The van der Waals surface area contributed by atoms with Crippen molar-refractivity contribution in [3.05, 3.63) is 71.6 Å². The van der Waals surface area contributed by atoms with Gasteiger partial charge >= 0.3 is 17.1 Å². The predicted octanol–water partition coefficient (Wildman–Crippen LogP) is 0.604. The van der Waals surface area contributed by atoms with Gasteiger partial charge in [-0.1, -0.05) is 12.1 Å². The van der Waals surface area contributed by atoms with Crippen molar-refractivity contribution in [1.82, 2.24) is 9.29 Å². The molecule has 0 aliphatic carbocycles. The van der Waals surface area contributed by atoms with Crippen LogP contribution >= 0.6 is 0 Å². The molecule has 2 rings (SSSR count). The van der Waals surface area contributed by atoms with Crippen molar-refractivity contribution in [2.45, 2.75) is 4.90 Å². The van der Waals surface area contributed by atoms with Crippen molar-refractivity contribution < 1.29 is 30.3 Å². The van der Waals surface area contributed by atoms with E-state index in [1.54, 1.807) is 0 Å². The number of rotatable bonds is 3. The number of benzene rings is 1. The fourth-order valence-electron chi connectivity index (χ4n) is 1.62. The van der Waals surface area contributed by atoms with Gasteiger partial charge in [-0.05, 0) is 24.3 Å². The van der Waals surface area contributed by atoms with Crippen LogP contribution in [0.4, 0.5) is 0 Å². The number of amides is 1. The number of hydrogen-bond acceptors (Lipinski definition) is 4. The Kier molecular flexibility index (Phi) is 5.48. The van der Waals surface area contributed by atoms with Crippen LogP contribution in [0.1, 0.15) is 10.4 Å². The van der Waals surface area contributed by atoms with Gasteiger partial charge in [0.05, 0.1) is 4.90 Å². The van der Waals surface area contributed by atoms with Crippen LogP contribution in [0, 0.1) is 7.05 Å². The number of carbonyl (C=O) groups excluding carboxylic acids is 1. The van der Waals surface area contributed by atoms with Gasteiger partial charge in [0.2, 0.25) is 5.91 Å². The predicted molar refractivity (Wildman–Crippen MR) is 72.6 cm³/mol. The molecule has 0 aliphatic heterocycles. The average molecular weight is 346 g/mol. The molecule has 1 N–H and O–H groups in total. The Morgan fingerprint density at radius 3 is 2.48 bits per heavy atom. The molecule has 0 atom stereocenters. The zero-order valence-corrected chi connectivity index (χ0v) is 12.7. The summed E-state index contributed by atoms with van der Waals surface area (Å²) in [5.41, 5.74) is -0.524. The van der Waals surface area contributed by atoms with Gasteiger partial charge in [-0.2, -0.15) is 0 Å². The molecule has 1 amide bonds. The van der Waals surface area contributed by atoms with Crippen molar-refractivity contribution in [2.75, 3.05) is 0 Å². The minimum Gasteiger partial charge on any atom is -0.504 e. The van der Waals surface area contributed by atoms with Crippen LogP contribution in [0.2, 0.25) is 0 Å². The van der Waals surface area contributed by atoms with Crippen molar-refractivity contribution in [3.8, 4) is 0 Å². The monoisotopic (exact) mass is 346 g/mol. The van der Waals surface area contributed by atoms with Crippen LogP contribution in [-0.2, 0) is 27.1 Å². The van der Waals surface area contributed by atoms with Crippen molar-refractivity contribution in [2.24, 2.45) is 0 Å². The molecule has 0 unspecified atom stereocenters. The Balaban J connectivity index is 0.00000220. The van der Waals surface area contributed by atoms with E-state index < -0.39 is 21.5 Å². The van der Waals surface area contributed by atoms with E-state index in [1.165, 1.54) is 36.4 Å². The molecule has 8 heteroatoms. The smallest absolute Gasteiger partial charge is 0.504 e. The molecule has 1 aromatic carbocycles. The van der Waals surface area contributed by atoms with E-state index in [1.807, 2.05) is 0 Å². The van der Waals surface area contributed by atoms with E-state index in [2.05, 4.69) is 12.4 Å². The summed E-state index contributed by atoms with van der Waals surface area (Å²) in [5.74, 6) is -0.512. The summed E-state index contributed by atoms with van der Waals surface area (Å²) in [7, 11) is -0.808. The van der Waals surface area contributed by atoms with Crippen LogP contribution in [0.15, 0.2) is 58.4 Å². The van der Waals surface area contributed by atoms with Gasteiger partial charge in [0.15, 0.2) is 0 Å². The second kappa shape index (κ2) is 6.71. The third kappa shape index (κ3) is 3.41. The van der Waals surface area contributed by atoms with E-state index in [0.29, 0.717) is 3.97 Å². The topological polar surface area (TPSA) is 85.2 Å².